The molecular formula is C10H23NO4S. The average Bonchev–Trinajstić information content (AvgIpc) is 2.19. The van der Waals surface area contributed by atoms with E-state index in [4.69, 9.17) is 4.55 Å². The van der Waals surface area contributed by atoms with Gasteiger partial charge in [-0.15, -0.1) is 0 Å². The first-order valence-electron chi connectivity index (χ1n) is 5.89. The van der Waals surface area contributed by atoms with E-state index in [0.29, 0.717) is 6.54 Å². The van der Waals surface area contributed by atoms with Crippen molar-refractivity contribution in [1.29, 1.82) is 0 Å². The average molecular weight is 253 g/mol. The third-order valence-electron chi connectivity index (χ3n) is 2.22. The summed E-state index contributed by atoms with van der Waals surface area (Å²) >= 11 is 0. The second-order valence-electron chi connectivity index (χ2n) is 3.77. The highest BCUT2D eigenvalue weighted by molar-refractivity contribution is 7.80. The van der Waals surface area contributed by atoms with Gasteiger partial charge in [-0.25, -0.2) is 4.18 Å². The van der Waals surface area contributed by atoms with Gasteiger partial charge in [0.15, 0.2) is 0 Å². The Bertz CT molecular complexity index is 241. The maximum atomic E-state index is 10.2. The van der Waals surface area contributed by atoms with Crippen molar-refractivity contribution in [2.45, 2.75) is 45.4 Å². The van der Waals surface area contributed by atoms with Crippen LogP contribution in [0.5, 0.6) is 0 Å². The molecule has 0 aromatic heterocycles. The fourth-order valence-electron chi connectivity index (χ4n) is 1.37. The smallest absolute Gasteiger partial charge is 0.314 e. The van der Waals surface area contributed by atoms with Gasteiger partial charge in [0.25, 0.3) is 0 Å². The second kappa shape index (κ2) is 10.0. The van der Waals surface area contributed by atoms with Crippen LogP contribution < -0.4 is 5.32 Å². The zero-order chi connectivity index (χ0) is 12.3. The summed E-state index contributed by atoms with van der Waals surface area (Å²) in [5.41, 5.74) is 0. The highest BCUT2D eigenvalue weighted by atomic mass is 32.3. The molecule has 0 aliphatic heterocycles. The summed E-state index contributed by atoms with van der Waals surface area (Å²) in [5.74, 6) is 0. The molecule has 0 saturated carbocycles. The molecule has 0 aromatic carbocycles. The summed E-state index contributed by atoms with van der Waals surface area (Å²) in [6.07, 6.45) is 7.40. The summed E-state index contributed by atoms with van der Waals surface area (Å²) in [5, 5.41) is 3.05. The molecule has 98 valence electrons. The van der Waals surface area contributed by atoms with Gasteiger partial charge in [0.1, 0.15) is 0 Å². The van der Waals surface area contributed by atoms with Crippen molar-refractivity contribution < 1.29 is 17.2 Å². The van der Waals surface area contributed by atoms with Crippen LogP contribution in [-0.2, 0) is 14.6 Å². The van der Waals surface area contributed by atoms with E-state index in [-0.39, 0.29) is 6.61 Å². The Balaban J connectivity index is 3.05. The molecule has 2 N–H and O–H groups in total. The van der Waals surface area contributed by atoms with Crippen molar-refractivity contribution in [3.05, 3.63) is 0 Å². The van der Waals surface area contributed by atoms with Crippen molar-refractivity contribution in [1.82, 2.24) is 5.32 Å². The van der Waals surface area contributed by atoms with Crippen LogP contribution >= 0.6 is 0 Å². The Morgan fingerprint density at radius 3 is 2.31 bits per heavy atom. The molecule has 0 aromatic rings. The maximum absolute atomic E-state index is 10.2. The SMILES string of the molecule is CCCCCCCCNCCOS(=O)(=O)O. The van der Waals surface area contributed by atoms with E-state index in [1.54, 1.807) is 0 Å². The van der Waals surface area contributed by atoms with Crippen LogP contribution in [0.25, 0.3) is 0 Å². The molecule has 0 atom stereocenters. The molecule has 6 heteroatoms. The van der Waals surface area contributed by atoms with Gasteiger partial charge in [0, 0.05) is 6.54 Å². The highest BCUT2D eigenvalue weighted by Crippen LogP contribution is 2.03. The van der Waals surface area contributed by atoms with Gasteiger partial charge in [-0.05, 0) is 13.0 Å². The molecule has 0 bridgehead atoms. The zero-order valence-electron chi connectivity index (χ0n) is 9.94. The van der Waals surface area contributed by atoms with E-state index in [1.165, 1.54) is 32.1 Å². The van der Waals surface area contributed by atoms with Gasteiger partial charge in [-0.3, -0.25) is 4.55 Å². The molecule has 0 rings (SSSR count). The minimum absolute atomic E-state index is 0.0192. The highest BCUT2D eigenvalue weighted by Gasteiger charge is 2.02. The van der Waals surface area contributed by atoms with Crippen LogP contribution in [0.4, 0.5) is 0 Å². The Morgan fingerprint density at radius 2 is 1.69 bits per heavy atom. The second-order valence-corrected chi connectivity index (χ2v) is 4.86. The molecule has 0 saturated heterocycles. The number of hydrogen-bond donors (Lipinski definition) is 2. The van der Waals surface area contributed by atoms with E-state index < -0.39 is 10.4 Å². The molecule has 0 amide bonds. The third-order valence-corrected chi connectivity index (χ3v) is 2.68. The molecule has 0 spiro atoms. The molecule has 0 heterocycles. The summed E-state index contributed by atoms with van der Waals surface area (Å²) < 4.78 is 32.8. The van der Waals surface area contributed by atoms with Crippen LogP contribution in [0, 0.1) is 0 Å². The van der Waals surface area contributed by atoms with Crippen LogP contribution in [0.15, 0.2) is 0 Å². The van der Waals surface area contributed by atoms with Crippen LogP contribution in [0.3, 0.4) is 0 Å². The standard InChI is InChI=1S/C10H23NO4S/c1-2-3-4-5-6-7-8-11-9-10-15-16(12,13)14/h11H,2-10H2,1H3,(H,12,13,14). The maximum Gasteiger partial charge on any atom is 0.397 e. The largest absolute Gasteiger partial charge is 0.397 e. The Morgan fingerprint density at radius 1 is 1.06 bits per heavy atom. The van der Waals surface area contributed by atoms with Crippen molar-refractivity contribution in [2.24, 2.45) is 0 Å². The lowest BCUT2D eigenvalue weighted by atomic mass is 10.1. The first kappa shape index (κ1) is 15.8. The number of hydrogen-bond acceptors (Lipinski definition) is 4. The van der Waals surface area contributed by atoms with E-state index in [1.807, 2.05) is 0 Å². The molecule has 5 nitrogen and oxygen atoms in total. The normalized spacial score (nSPS) is 11.9. The van der Waals surface area contributed by atoms with Crippen molar-refractivity contribution in [3.63, 3.8) is 0 Å². The fourth-order valence-corrected chi connectivity index (χ4v) is 1.67. The number of nitrogens with one attached hydrogen (secondary N) is 1. The summed E-state index contributed by atoms with van der Waals surface area (Å²) in [7, 11) is -4.27. The molecular weight excluding hydrogens is 230 g/mol. The van der Waals surface area contributed by atoms with Gasteiger partial charge in [-0.2, -0.15) is 8.42 Å². The summed E-state index contributed by atoms with van der Waals surface area (Å²) in [4.78, 5) is 0. The monoisotopic (exact) mass is 253 g/mol. The predicted molar refractivity (Wildman–Crippen MR) is 63.7 cm³/mol. The molecule has 0 aliphatic carbocycles. The van der Waals surface area contributed by atoms with Crippen LogP contribution in [0.1, 0.15) is 45.4 Å². The lowest BCUT2D eigenvalue weighted by Crippen LogP contribution is -2.22. The van der Waals surface area contributed by atoms with E-state index >= 15 is 0 Å². The van der Waals surface area contributed by atoms with E-state index in [9.17, 15) is 8.42 Å². The first-order valence-corrected chi connectivity index (χ1v) is 7.25. The van der Waals surface area contributed by atoms with Gasteiger partial charge in [-0.1, -0.05) is 39.0 Å². The van der Waals surface area contributed by atoms with Crippen LogP contribution in [-0.4, -0.2) is 32.7 Å². The zero-order valence-corrected chi connectivity index (χ0v) is 10.8. The van der Waals surface area contributed by atoms with Crippen molar-refractivity contribution in [3.8, 4) is 0 Å². The molecule has 0 unspecified atom stereocenters. The Hall–Kier alpha value is -0.170. The number of rotatable bonds is 11. The van der Waals surface area contributed by atoms with E-state index in [0.717, 1.165) is 13.0 Å². The van der Waals surface area contributed by atoms with Crippen molar-refractivity contribution >= 4 is 10.4 Å². The fraction of sp³-hybridized carbons (Fsp3) is 1.00. The first-order chi connectivity index (χ1) is 7.56. The quantitative estimate of drug-likeness (QED) is 0.433. The number of unbranched alkanes of at least 4 members (excludes halogenated alkanes) is 5. The minimum Gasteiger partial charge on any atom is -0.314 e. The van der Waals surface area contributed by atoms with Gasteiger partial charge < -0.3 is 5.32 Å². The third kappa shape index (κ3) is 13.8. The Kier molecular flexibility index (Phi) is 9.91. The van der Waals surface area contributed by atoms with Gasteiger partial charge in [0.05, 0.1) is 6.61 Å². The molecule has 0 radical (unpaired) electrons. The summed E-state index contributed by atoms with van der Waals surface area (Å²) in [6, 6.07) is 0. The molecule has 0 aliphatic rings. The summed E-state index contributed by atoms with van der Waals surface area (Å²) in [6.45, 7) is 3.47. The minimum atomic E-state index is -4.27. The van der Waals surface area contributed by atoms with Crippen molar-refractivity contribution in [2.75, 3.05) is 19.7 Å². The van der Waals surface area contributed by atoms with Crippen LogP contribution in [0.2, 0.25) is 0 Å². The van der Waals surface area contributed by atoms with Gasteiger partial charge in [0.2, 0.25) is 0 Å². The topological polar surface area (TPSA) is 75.6 Å². The Labute approximate surface area is 98.5 Å². The molecule has 0 fully saturated rings. The predicted octanol–water partition coefficient (Wildman–Crippen LogP) is 1.76. The van der Waals surface area contributed by atoms with E-state index in [2.05, 4.69) is 16.4 Å². The lowest BCUT2D eigenvalue weighted by molar-refractivity contribution is 0.267. The van der Waals surface area contributed by atoms with Gasteiger partial charge >= 0.3 is 10.4 Å². The molecule has 16 heavy (non-hydrogen) atoms. The lowest BCUT2D eigenvalue weighted by Gasteiger charge is -2.04.